The van der Waals surface area contributed by atoms with Gasteiger partial charge in [-0.1, -0.05) is 0 Å². The quantitative estimate of drug-likeness (QED) is 0.907. The second kappa shape index (κ2) is 5.03. The Morgan fingerprint density at radius 1 is 1.38 bits per heavy atom. The SMILES string of the molecule is O=C(O)c1cnc2cc(OC3CCS(=O)(=O)CC3)ccn12. The first-order valence-corrected chi connectivity index (χ1v) is 8.34. The van der Waals surface area contributed by atoms with Crippen molar-refractivity contribution in [3.05, 3.63) is 30.2 Å². The predicted molar refractivity (Wildman–Crippen MR) is 74.5 cm³/mol. The van der Waals surface area contributed by atoms with Crippen molar-refractivity contribution in [1.29, 1.82) is 0 Å². The Morgan fingerprint density at radius 2 is 2.10 bits per heavy atom. The van der Waals surface area contributed by atoms with E-state index in [1.807, 2.05) is 0 Å². The van der Waals surface area contributed by atoms with E-state index in [1.165, 1.54) is 10.6 Å². The number of fused-ring (bicyclic) bond motifs is 1. The summed E-state index contributed by atoms with van der Waals surface area (Å²) in [5.74, 6) is -0.193. The van der Waals surface area contributed by atoms with Crippen LogP contribution in [0.25, 0.3) is 5.65 Å². The molecule has 0 saturated carbocycles. The lowest BCUT2D eigenvalue weighted by Crippen LogP contribution is -2.30. The fourth-order valence-electron chi connectivity index (χ4n) is 2.37. The van der Waals surface area contributed by atoms with Crippen LogP contribution in [-0.2, 0) is 9.84 Å². The molecule has 0 radical (unpaired) electrons. The molecular formula is C13H14N2O5S. The zero-order chi connectivity index (χ0) is 15.0. The molecule has 1 N–H and O–H groups in total. The first kappa shape index (κ1) is 13.9. The van der Waals surface area contributed by atoms with Crippen LogP contribution in [0.5, 0.6) is 5.75 Å². The average Bonchev–Trinajstić information content (AvgIpc) is 2.84. The number of aromatic carboxylic acids is 1. The van der Waals surface area contributed by atoms with E-state index in [2.05, 4.69) is 4.98 Å². The third kappa shape index (κ3) is 2.85. The summed E-state index contributed by atoms with van der Waals surface area (Å²) in [7, 11) is -2.91. The minimum absolute atomic E-state index is 0.0836. The summed E-state index contributed by atoms with van der Waals surface area (Å²) in [6, 6.07) is 3.31. The van der Waals surface area contributed by atoms with Gasteiger partial charge in [0.15, 0.2) is 15.5 Å². The third-order valence-electron chi connectivity index (χ3n) is 3.51. The molecule has 0 unspecified atom stereocenters. The summed E-state index contributed by atoms with van der Waals surface area (Å²) in [5.41, 5.74) is 0.564. The maximum atomic E-state index is 11.4. The average molecular weight is 310 g/mol. The van der Waals surface area contributed by atoms with Crippen LogP contribution < -0.4 is 4.74 Å². The van der Waals surface area contributed by atoms with Crippen LogP contribution in [-0.4, -0.2) is 46.5 Å². The second-order valence-electron chi connectivity index (χ2n) is 5.01. The minimum atomic E-state index is -2.91. The molecule has 0 aliphatic carbocycles. The van der Waals surface area contributed by atoms with Crippen LogP contribution in [0.3, 0.4) is 0 Å². The molecule has 7 nitrogen and oxygen atoms in total. The van der Waals surface area contributed by atoms with Crippen LogP contribution in [0.4, 0.5) is 0 Å². The zero-order valence-corrected chi connectivity index (χ0v) is 11.9. The number of pyridine rings is 1. The Bertz CT molecular complexity index is 782. The van der Waals surface area contributed by atoms with Gasteiger partial charge in [0.2, 0.25) is 0 Å². The number of carboxylic acid groups (broad SMARTS) is 1. The van der Waals surface area contributed by atoms with Crippen molar-refractivity contribution in [3.8, 4) is 5.75 Å². The first-order chi connectivity index (χ1) is 9.94. The highest BCUT2D eigenvalue weighted by Crippen LogP contribution is 2.21. The van der Waals surface area contributed by atoms with Crippen LogP contribution >= 0.6 is 0 Å². The monoisotopic (exact) mass is 310 g/mol. The van der Waals surface area contributed by atoms with E-state index in [-0.39, 0.29) is 23.3 Å². The van der Waals surface area contributed by atoms with Gasteiger partial charge in [-0.25, -0.2) is 18.2 Å². The smallest absolute Gasteiger partial charge is 0.354 e. The highest BCUT2D eigenvalue weighted by atomic mass is 32.2. The molecule has 1 aliphatic heterocycles. The molecule has 21 heavy (non-hydrogen) atoms. The fraction of sp³-hybridized carbons (Fsp3) is 0.385. The van der Waals surface area contributed by atoms with Crippen molar-refractivity contribution in [3.63, 3.8) is 0 Å². The number of rotatable bonds is 3. The predicted octanol–water partition coefficient (Wildman–Crippen LogP) is 0.989. The van der Waals surface area contributed by atoms with Gasteiger partial charge in [-0.05, 0) is 18.9 Å². The van der Waals surface area contributed by atoms with Gasteiger partial charge in [0.25, 0.3) is 0 Å². The number of carbonyl (C=O) groups is 1. The Balaban J connectivity index is 1.78. The lowest BCUT2D eigenvalue weighted by Gasteiger charge is -2.23. The van der Waals surface area contributed by atoms with Gasteiger partial charge in [0, 0.05) is 12.3 Å². The van der Waals surface area contributed by atoms with Crippen LogP contribution in [0.1, 0.15) is 23.3 Å². The van der Waals surface area contributed by atoms with Crippen molar-refractivity contribution in [2.75, 3.05) is 11.5 Å². The van der Waals surface area contributed by atoms with E-state index < -0.39 is 15.8 Å². The molecular weight excluding hydrogens is 296 g/mol. The minimum Gasteiger partial charge on any atom is -0.490 e. The number of hydrogen-bond acceptors (Lipinski definition) is 5. The summed E-state index contributed by atoms with van der Waals surface area (Å²) >= 11 is 0. The molecule has 112 valence electrons. The van der Waals surface area contributed by atoms with E-state index in [0.717, 1.165) is 0 Å². The van der Waals surface area contributed by atoms with Crippen molar-refractivity contribution in [2.45, 2.75) is 18.9 Å². The zero-order valence-electron chi connectivity index (χ0n) is 11.1. The van der Waals surface area contributed by atoms with Crippen molar-refractivity contribution in [2.24, 2.45) is 0 Å². The van der Waals surface area contributed by atoms with Crippen LogP contribution in [0, 0.1) is 0 Å². The molecule has 0 atom stereocenters. The summed E-state index contributed by atoms with van der Waals surface area (Å²) < 4.78 is 30.0. The second-order valence-corrected chi connectivity index (χ2v) is 7.31. The molecule has 3 heterocycles. The maximum absolute atomic E-state index is 11.4. The molecule has 0 amide bonds. The van der Waals surface area contributed by atoms with E-state index >= 15 is 0 Å². The number of hydrogen-bond donors (Lipinski definition) is 1. The van der Waals surface area contributed by atoms with Gasteiger partial charge in [0.05, 0.1) is 17.7 Å². The van der Waals surface area contributed by atoms with Crippen molar-refractivity contribution >= 4 is 21.5 Å². The number of aromatic nitrogens is 2. The van der Waals surface area contributed by atoms with Gasteiger partial charge in [-0.3, -0.25) is 4.40 Å². The Labute approximate surface area is 121 Å². The van der Waals surface area contributed by atoms with Gasteiger partial charge < -0.3 is 9.84 Å². The molecule has 0 spiro atoms. The van der Waals surface area contributed by atoms with E-state index in [9.17, 15) is 13.2 Å². The Kier molecular flexibility index (Phi) is 3.32. The molecule has 0 bridgehead atoms. The number of ether oxygens (including phenoxy) is 1. The number of imidazole rings is 1. The topological polar surface area (TPSA) is 98.0 Å². The fourth-order valence-corrected chi connectivity index (χ4v) is 3.82. The number of nitrogens with zero attached hydrogens (tertiary/aromatic N) is 2. The van der Waals surface area contributed by atoms with Crippen LogP contribution in [0.2, 0.25) is 0 Å². The van der Waals surface area contributed by atoms with Crippen molar-refractivity contribution < 1.29 is 23.1 Å². The standard InChI is InChI=1S/C13H14N2O5S/c16-13(17)11-8-14-12-7-10(1-4-15(11)12)20-9-2-5-21(18,19)6-3-9/h1,4,7-9H,2-3,5-6H2,(H,16,17). The number of carboxylic acids is 1. The highest BCUT2D eigenvalue weighted by Gasteiger charge is 2.25. The molecule has 1 fully saturated rings. The summed E-state index contributed by atoms with van der Waals surface area (Å²) in [5, 5.41) is 9.00. The molecule has 2 aromatic heterocycles. The maximum Gasteiger partial charge on any atom is 0.354 e. The number of sulfone groups is 1. The Hall–Kier alpha value is -2.09. The van der Waals surface area contributed by atoms with Crippen molar-refractivity contribution in [1.82, 2.24) is 9.38 Å². The largest absolute Gasteiger partial charge is 0.490 e. The van der Waals surface area contributed by atoms with E-state index in [0.29, 0.717) is 24.2 Å². The lowest BCUT2D eigenvalue weighted by atomic mass is 10.2. The lowest BCUT2D eigenvalue weighted by molar-refractivity contribution is 0.0689. The molecule has 8 heteroatoms. The van der Waals surface area contributed by atoms with Gasteiger partial charge in [-0.2, -0.15) is 0 Å². The van der Waals surface area contributed by atoms with E-state index in [4.69, 9.17) is 9.84 Å². The van der Waals surface area contributed by atoms with Gasteiger partial charge >= 0.3 is 5.97 Å². The Morgan fingerprint density at radius 3 is 2.76 bits per heavy atom. The highest BCUT2D eigenvalue weighted by molar-refractivity contribution is 7.91. The van der Waals surface area contributed by atoms with Gasteiger partial charge in [0.1, 0.15) is 17.5 Å². The molecule has 1 saturated heterocycles. The molecule has 2 aromatic rings. The molecule has 1 aliphatic rings. The summed E-state index contributed by atoms with van der Waals surface area (Å²) in [4.78, 5) is 15.0. The summed E-state index contributed by atoms with van der Waals surface area (Å²) in [6.45, 7) is 0. The van der Waals surface area contributed by atoms with Gasteiger partial charge in [-0.15, -0.1) is 0 Å². The van der Waals surface area contributed by atoms with E-state index in [1.54, 1.807) is 18.3 Å². The molecule has 0 aromatic carbocycles. The third-order valence-corrected chi connectivity index (χ3v) is 5.22. The van der Waals surface area contributed by atoms with Crippen LogP contribution in [0.15, 0.2) is 24.5 Å². The first-order valence-electron chi connectivity index (χ1n) is 6.52. The summed E-state index contributed by atoms with van der Waals surface area (Å²) in [6.07, 6.45) is 3.69. The molecule has 3 rings (SSSR count). The normalized spacial score (nSPS) is 18.7.